The maximum Gasteiger partial charge on any atom is 0.227 e. The number of benzene rings is 1. The van der Waals surface area contributed by atoms with Crippen LogP contribution in [-0.2, 0) is 18.3 Å². The van der Waals surface area contributed by atoms with Crippen molar-refractivity contribution in [1.82, 2.24) is 15.5 Å². The minimum Gasteiger partial charge on any atom is -0.339 e. The molecule has 0 amide bonds. The maximum atomic E-state index is 5.40. The lowest BCUT2D eigenvalue weighted by molar-refractivity contribution is 0.343. The van der Waals surface area contributed by atoms with Crippen LogP contribution in [0.15, 0.2) is 28.8 Å². The van der Waals surface area contributed by atoms with Crippen molar-refractivity contribution >= 4 is 0 Å². The largest absolute Gasteiger partial charge is 0.339 e. The molecule has 4 heteroatoms. The molecule has 0 bridgehead atoms. The first kappa shape index (κ1) is 15.7. The standard InChI is InChI=1S/C17H25N3O/c1-12-6-8-14(9-7-12)17(3,4)11-16-19-15(20-21-16)10-13(2)18-5/h6-9,13,18H,10-11H2,1-5H3. The molecule has 0 spiro atoms. The molecule has 21 heavy (non-hydrogen) atoms. The molecule has 4 nitrogen and oxygen atoms in total. The fourth-order valence-electron chi connectivity index (χ4n) is 2.31. The lowest BCUT2D eigenvalue weighted by atomic mass is 9.81. The predicted octanol–water partition coefficient (Wildman–Crippen LogP) is 3.05. The number of likely N-dealkylation sites (N-methyl/N-ethyl adjacent to an activating group) is 1. The fraction of sp³-hybridized carbons (Fsp3) is 0.529. The normalized spacial score (nSPS) is 13.4. The Morgan fingerprint density at radius 1 is 1.24 bits per heavy atom. The van der Waals surface area contributed by atoms with E-state index in [1.165, 1.54) is 11.1 Å². The van der Waals surface area contributed by atoms with E-state index in [9.17, 15) is 0 Å². The van der Waals surface area contributed by atoms with E-state index in [0.29, 0.717) is 11.9 Å². The van der Waals surface area contributed by atoms with Crippen molar-refractivity contribution in [2.24, 2.45) is 0 Å². The second-order valence-electron chi connectivity index (χ2n) is 6.42. The summed E-state index contributed by atoms with van der Waals surface area (Å²) in [5.41, 5.74) is 2.54. The summed E-state index contributed by atoms with van der Waals surface area (Å²) in [6, 6.07) is 8.99. The molecule has 114 valence electrons. The highest BCUT2D eigenvalue weighted by Crippen LogP contribution is 2.27. The quantitative estimate of drug-likeness (QED) is 0.887. The molecule has 1 N–H and O–H groups in total. The summed E-state index contributed by atoms with van der Waals surface area (Å²) in [6.45, 7) is 8.62. The van der Waals surface area contributed by atoms with Crippen LogP contribution in [-0.4, -0.2) is 23.2 Å². The summed E-state index contributed by atoms with van der Waals surface area (Å²) < 4.78 is 5.40. The van der Waals surface area contributed by atoms with Crippen LogP contribution in [0.2, 0.25) is 0 Å². The smallest absolute Gasteiger partial charge is 0.227 e. The fourth-order valence-corrected chi connectivity index (χ4v) is 2.31. The number of hydrogen-bond acceptors (Lipinski definition) is 4. The Morgan fingerprint density at radius 3 is 2.52 bits per heavy atom. The third-order valence-electron chi connectivity index (χ3n) is 3.92. The third kappa shape index (κ3) is 4.14. The van der Waals surface area contributed by atoms with E-state index < -0.39 is 0 Å². The van der Waals surface area contributed by atoms with Crippen LogP contribution in [0.1, 0.15) is 43.6 Å². The van der Waals surface area contributed by atoms with Crippen molar-refractivity contribution in [2.45, 2.75) is 52.0 Å². The molecule has 1 aromatic carbocycles. The van der Waals surface area contributed by atoms with Gasteiger partial charge in [0, 0.05) is 18.9 Å². The highest BCUT2D eigenvalue weighted by atomic mass is 16.5. The van der Waals surface area contributed by atoms with Gasteiger partial charge in [-0.2, -0.15) is 4.98 Å². The van der Waals surface area contributed by atoms with E-state index >= 15 is 0 Å². The molecule has 0 aliphatic heterocycles. The molecule has 2 aromatic rings. The van der Waals surface area contributed by atoms with Gasteiger partial charge in [-0.25, -0.2) is 0 Å². The van der Waals surface area contributed by atoms with Crippen LogP contribution < -0.4 is 5.32 Å². The van der Waals surface area contributed by atoms with Gasteiger partial charge in [0.05, 0.1) is 0 Å². The Bertz CT molecular complexity index is 572. The van der Waals surface area contributed by atoms with Crippen molar-refractivity contribution in [2.75, 3.05) is 7.05 Å². The molecule has 0 radical (unpaired) electrons. The molecule has 1 unspecified atom stereocenters. The Kier molecular flexibility index (Phi) is 4.78. The van der Waals surface area contributed by atoms with Gasteiger partial charge in [0.15, 0.2) is 5.82 Å². The van der Waals surface area contributed by atoms with E-state index in [2.05, 4.69) is 67.4 Å². The van der Waals surface area contributed by atoms with Crippen LogP contribution in [0.5, 0.6) is 0 Å². The Morgan fingerprint density at radius 2 is 1.90 bits per heavy atom. The van der Waals surface area contributed by atoms with Crippen molar-refractivity contribution in [3.63, 3.8) is 0 Å². The van der Waals surface area contributed by atoms with Crippen LogP contribution in [0.25, 0.3) is 0 Å². The predicted molar refractivity (Wildman–Crippen MR) is 84.4 cm³/mol. The van der Waals surface area contributed by atoms with Gasteiger partial charge in [-0.15, -0.1) is 0 Å². The van der Waals surface area contributed by atoms with Gasteiger partial charge >= 0.3 is 0 Å². The summed E-state index contributed by atoms with van der Waals surface area (Å²) in [5.74, 6) is 1.48. The average Bonchev–Trinajstić information content (AvgIpc) is 2.85. The number of nitrogens with zero attached hydrogens (tertiary/aromatic N) is 2. The van der Waals surface area contributed by atoms with Gasteiger partial charge in [-0.1, -0.05) is 48.8 Å². The molecule has 0 saturated heterocycles. The Labute approximate surface area is 127 Å². The first-order chi connectivity index (χ1) is 9.90. The maximum absolute atomic E-state index is 5.40. The molecule has 0 fully saturated rings. The van der Waals surface area contributed by atoms with E-state index in [1.54, 1.807) is 0 Å². The molecule has 1 atom stereocenters. The van der Waals surface area contributed by atoms with Gasteiger partial charge in [-0.05, 0) is 31.9 Å². The van der Waals surface area contributed by atoms with Crippen LogP contribution >= 0.6 is 0 Å². The van der Waals surface area contributed by atoms with Crippen molar-refractivity contribution in [3.05, 3.63) is 47.1 Å². The minimum atomic E-state index is -0.0217. The summed E-state index contributed by atoms with van der Waals surface area (Å²) in [5, 5.41) is 7.25. The van der Waals surface area contributed by atoms with E-state index in [1.807, 2.05) is 7.05 Å². The summed E-state index contributed by atoms with van der Waals surface area (Å²) in [6.07, 6.45) is 1.53. The summed E-state index contributed by atoms with van der Waals surface area (Å²) in [7, 11) is 1.94. The van der Waals surface area contributed by atoms with Gasteiger partial charge < -0.3 is 9.84 Å². The minimum absolute atomic E-state index is 0.0217. The Hall–Kier alpha value is -1.68. The second-order valence-corrected chi connectivity index (χ2v) is 6.42. The number of aromatic nitrogens is 2. The lowest BCUT2D eigenvalue weighted by Crippen LogP contribution is -2.24. The Balaban J connectivity index is 2.08. The molecular weight excluding hydrogens is 262 g/mol. The van der Waals surface area contributed by atoms with E-state index in [-0.39, 0.29) is 5.41 Å². The molecule has 0 saturated carbocycles. The number of aryl methyl sites for hydroxylation is 1. The zero-order valence-electron chi connectivity index (χ0n) is 13.6. The number of hydrogen-bond donors (Lipinski definition) is 1. The highest BCUT2D eigenvalue weighted by molar-refractivity contribution is 5.28. The monoisotopic (exact) mass is 287 g/mol. The first-order valence-electron chi connectivity index (χ1n) is 7.46. The molecule has 0 aliphatic carbocycles. The van der Waals surface area contributed by atoms with Gasteiger partial charge in [-0.3, -0.25) is 0 Å². The first-order valence-corrected chi connectivity index (χ1v) is 7.46. The molecule has 0 aliphatic rings. The van der Waals surface area contributed by atoms with Crippen molar-refractivity contribution in [3.8, 4) is 0 Å². The van der Waals surface area contributed by atoms with Gasteiger partial charge in [0.2, 0.25) is 5.89 Å². The van der Waals surface area contributed by atoms with Crippen LogP contribution in [0, 0.1) is 6.92 Å². The zero-order chi connectivity index (χ0) is 15.5. The second kappa shape index (κ2) is 6.39. The zero-order valence-corrected chi connectivity index (χ0v) is 13.6. The molecule has 1 aromatic heterocycles. The lowest BCUT2D eigenvalue weighted by Gasteiger charge is -2.23. The van der Waals surface area contributed by atoms with E-state index in [4.69, 9.17) is 4.52 Å². The summed E-state index contributed by atoms with van der Waals surface area (Å²) >= 11 is 0. The SMILES string of the molecule is CNC(C)Cc1noc(CC(C)(C)c2ccc(C)cc2)n1. The molecule has 1 heterocycles. The molecular formula is C17H25N3O. The number of rotatable bonds is 6. The number of nitrogens with one attached hydrogen (secondary N) is 1. The average molecular weight is 287 g/mol. The molecule has 2 rings (SSSR count). The topological polar surface area (TPSA) is 51.0 Å². The van der Waals surface area contributed by atoms with Gasteiger partial charge in [0.25, 0.3) is 0 Å². The van der Waals surface area contributed by atoms with E-state index in [0.717, 1.165) is 18.7 Å². The van der Waals surface area contributed by atoms with Crippen LogP contribution in [0.3, 0.4) is 0 Å². The van der Waals surface area contributed by atoms with Gasteiger partial charge in [0.1, 0.15) is 0 Å². The summed E-state index contributed by atoms with van der Waals surface area (Å²) in [4.78, 5) is 4.51. The third-order valence-corrected chi connectivity index (χ3v) is 3.92. The van der Waals surface area contributed by atoms with Crippen molar-refractivity contribution in [1.29, 1.82) is 0 Å². The van der Waals surface area contributed by atoms with Crippen LogP contribution in [0.4, 0.5) is 0 Å². The highest BCUT2D eigenvalue weighted by Gasteiger charge is 2.24. The van der Waals surface area contributed by atoms with Crippen molar-refractivity contribution < 1.29 is 4.52 Å².